The molecule has 1 atom stereocenters. The van der Waals surface area contributed by atoms with Crippen LogP contribution in [0.25, 0.3) is 11.5 Å². The fourth-order valence-electron chi connectivity index (χ4n) is 4.59. The quantitative estimate of drug-likeness (QED) is 0.646. The molecule has 0 amide bonds. The number of fused-ring (bicyclic) bond motifs is 3. The Morgan fingerprint density at radius 3 is 2.60 bits per heavy atom. The van der Waals surface area contributed by atoms with Gasteiger partial charge in [0.05, 0.1) is 0 Å². The lowest BCUT2D eigenvalue weighted by atomic mass is 10.1. The summed E-state index contributed by atoms with van der Waals surface area (Å²) in [5.41, 5.74) is 1.43. The minimum atomic E-state index is -1.06. The SMILES string of the molecule is Cl.O=C(O)Cn1c2nc(C3CCCC3)nc-2c2n(c1=O)C[C@@H](Cc1ccccc1)N2. The smallest absolute Gasteiger partial charge is 0.332 e. The summed E-state index contributed by atoms with van der Waals surface area (Å²) in [5, 5.41) is 12.8. The van der Waals surface area contributed by atoms with Crippen LogP contribution in [0.3, 0.4) is 0 Å². The fourth-order valence-corrected chi connectivity index (χ4v) is 4.59. The van der Waals surface area contributed by atoms with Crippen LogP contribution in [-0.4, -0.2) is 36.2 Å². The predicted octanol–water partition coefficient (Wildman–Crippen LogP) is 2.75. The summed E-state index contributed by atoms with van der Waals surface area (Å²) in [7, 11) is 0. The number of aliphatic carboxylic acids is 1. The molecule has 9 heteroatoms. The van der Waals surface area contributed by atoms with Crippen molar-refractivity contribution in [2.75, 3.05) is 5.32 Å². The Balaban J connectivity index is 0.00000218. The number of carboxylic acids is 1. The number of rotatable bonds is 5. The molecule has 0 unspecified atom stereocenters. The lowest BCUT2D eigenvalue weighted by Gasteiger charge is -2.12. The maximum Gasteiger partial charge on any atom is 0.332 e. The van der Waals surface area contributed by atoms with Gasteiger partial charge in [0.2, 0.25) is 0 Å². The van der Waals surface area contributed by atoms with E-state index in [1.165, 1.54) is 10.1 Å². The molecule has 4 aliphatic rings. The van der Waals surface area contributed by atoms with E-state index in [1.54, 1.807) is 4.57 Å². The molecule has 1 aromatic carbocycles. The number of anilines is 1. The van der Waals surface area contributed by atoms with Crippen LogP contribution in [0.5, 0.6) is 0 Å². The van der Waals surface area contributed by atoms with E-state index in [1.807, 2.05) is 18.2 Å². The van der Waals surface area contributed by atoms with Crippen LogP contribution in [0.1, 0.15) is 43.0 Å². The van der Waals surface area contributed by atoms with Crippen molar-refractivity contribution >= 4 is 24.2 Å². The Labute approximate surface area is 179 Å². The summed E-state index contributed by atoms with van der Waals surface area (Å²) in [6, 6.07) is 10.1. The average molecular weight is 430 g/mol. The highest BCUT2D eigenvalue weighted by atomic mass is 35.5. The van der Waals surface area contributed by atoms with E-state index >= 15 is 0 Å². The van der Waals surface area contributed by atoms with E-state index in [0.29, 0.717) is 23.9 Å². The van der Waals surface area contributed by atoms with Gasteiger partial charge < -0.3 is 10.4 Å². The maximum atomic E-state index is 13.1. The van der Waals surface area contributed by atoms with Crippen LogP contribution >= 0.6 is 12.4 Å². The summed E-state index contributed by atoms with van der Waals surface area (Å²) >= 11 is 0. The second-order valence-corrected chi connectivity index (χ2v) is 7.99. The topological polar surface area (TPSA) is 102 Å². The molecular formula is C21H24ClN5O3. The van der Waals surface area contributed by atoms with E-state index < -0.39 is 12.5 Å². The zero-order chi connectivity index (χ0) is 20.0. The normalized spacial score (nSPS) is 18.2. The number of nitrogens with zero attached hydrogens (tertiary/aromatic N) is 4. The molecule has 1 aliphatic carbocycles. The predicted molar refractivity (Wildman–Crippen MR) is 115 cm³/mol. The van der Waals surface area contributed by atoms with Crippen molar-refractivity contribution in [3.63, 3.8) is 0 Å². The second kappa shape index (κ2) is 8.10. The van der Waals surface area contributed by atoms with Crippen molar-refractivity contribution in [2.45, 2.75) is 57.2 Å². The van der Waals surface area contributed by atoms with Crippen molar-refractivity contribution in [1.29, 1.82) is 0 Å². The van der Waals surface area contributed by atoms with E-state index in [-0.39, 0.29) is 30.1 Å². The maximum absolute atomic E-state index is 13.1. The van der Waals surface area contributed by atoms with E-state index in [9.17, 15) is 14.7 Å². The lowest BCUT2D eigenvalue weighted by Crippen LogP contribution is -2.34. The molecule has 158 valence electrons. The van der Waals surface area contributed by atoms with Crippen LogP contribution in [-0.2, 0) is 24.3 Å². The Hall–Kier alpha value is -2.87. The first-order valence-electron chi connectivity index (χ1n) is 10.1. The van der Waals surface area contributed by atoms with Crippen molar-refractivity contribution in [3.8, 4) is 11.5 Å². The molecule has 2 N–H and O–H groups in total. The van der Waals surface area contributed by atoms with Gasteiger partial charge in [0, 0.05) is 18.5 Å². The zero-order valence-corrected chi connectivity index (χ0v) is 17.3. The number of halogens is 1. The van der Waals surface area contributed by atoms with Gasteiger partial charge in [-0.05, 0) is 24.8 Å². The van der Waals surface area contributed by atoms with E-state index in [2.05, 4.69) is 22.4 Å². The molecule has 30 heavy (non-hydrogen) atoms. The molecule has 1 aromatic rings. The van der Waals surface area contributed by atoms with Crippen molar-refractivity contribution in [1.82, 2.24) is 19.1 Å². The minimum Gasteiger partial charge on any atom is -0.480 e. The summed E-state index contributed by atoms with van der Waals surface area (Å²) in [6.07, 6.45) is 5.16. The number of aromatic nitrogens is 4. The van der Waals surface area contributed by atoms with Gasteiger partial charge in [-0.2, -0.15) is 0 Å². The number of hydrogen-bond acceptors (Lipinski definition) is 5. The highest BCUT2D eigenvalue weighted by Gasteiger charge is 2.33. The minimum absolute atomic E-state index is 0. The van der Waals surface area contributed by atoms with Gasteiger partial charge in [-0.3, -0.25) is 13.9 Å². The molecule has 0 spiro atoms. The van der Waals surface area contributed by atoms with Gasteiger partial charge >= 0.3 is 11.7 Å². The van der Waals surface area contributed by atoms with Gasteiger partial charge in [0.1, 0.15) is 23.9 Å². The Bertz CT molecular complexity index is 1090. The third-order valence-electron chi connectivity index (χ3n) is 5.95. The van der Waals surface area contributed by atoms with E-state index in [0.717, 1.165) is 37.9 Å². The van der Waals surface area contributed by atoms with Crippen molar-refractivity contribution in [3.05, 3.63) is 52.2 Å². The molecule has 0 bridgehead atoms. The highest BCUT2D eigenvalue weighted by Crippen LogP contribution is 2.37. The largest absolute Gasteiger partial charge is 0.480 e. The summed E-state index contributed by atoms with van der Waals surface area (Å²) < 4.78 is 2.87. The summed E-state index contributed by atoms with van der Waals surface area (Å²) in [5.74, 6) is 0.991. The molecule has 5 rings (SSSR count). The van der Waals surface area contributed by atoms with Crippen LogP contribution in [0, 0.1) is 0 Å². The monoisotopic (exact) mass is 429 g/mol. The number of nitrogens with one attached hydrogen (secondary N) is 1. The van der Waals surface area contributed by atoms with Gasteiger partial charge in [0.15, 0.2) is 5.82 Å². The van der Waals surface area contributed by atoms with Gasteiger partial charge in [-0.15, -0.1) is 12.4 Å². The molecule has 3 heterocycles. The lowest BCUT2D eigenvalue weighted by molar-refractivity contribution is -0.137. The average Bonchev–Trinajstić information content (AvgIpc) is 3.44. The Morgan fingerprint density at radius 1 is 1.17 bits per heavy atom. The first-order chi connectivity index (χ1) is 14.1. The fraction of sp³-hybridized carbons (Fsp3) is 0.429. The van der Waals surface area contributed by atoms with Crippen LogP contribution in [0.15, 0.2) is 35.1 Å². The van der Waals surface area contributed by atoms with Crippen LogP contribution in [0.2, 0.25) is 0 Å². The van der Waals surface area contributed by atoms with Crippen molar-refractivity contribution < 1.29 is 9.90 Å². The zero-order valence-electron chi connectivity index (χ0n) is 16.5. The molecule has 0 saturated heterocycles. The first kappa shape index (κ1) is 20.4. The summed E-state index contributed by atoms with van der Waals surface area (Å²) in [4.78, 5) is 33.9. The Morgan fingerprint density at radius 2 is 1.90 bits per heavy atom. The number of carbonyl (C=O) groups is 1. The molecule has 0 aromatic heterocycles. The standard InChI is InChI=1S/C21H23N5O3.ClH/c27-16(28)12-26-20-17(23-18(24-20)14-8-4-5-9-14)19-22-15(11-25(19)21(26)29)10-13-6-2-1-3-7-13;/h1-3,6-7,14-15,22H,4-5,8-12H2,(H,27,28);1H/t15-;/m1./s1. The molecule has 1 saturated carbocycles. The third kappa shape index (κ3) is 3.56. The number of benzene rings is 1. The van der Waals surface area contributed by atoms with Crippen LogP contribution < -0.4 is 11.0 Å². The number of hydrogen-bond donors (Lipinski definition) is 2. The molecule has 1 fully saturated rings. The molecule has 0 radical (unpaired) electrons. The van der Waals surface area contributed by atoms with Gasteiger partial charge in [0.25, 0.3) is 0 Å². The Kier molecular flexibility index (Phi) is 5.51. The molecular weight excluding hydrogens is 406 g/mol. The van der Waals surface area contributed by atoms with Crippen molar-refractivity contribution in [2.24, 2.45) is 0 Å². The number of imidazole rings is 1. The number of carboxylic acid groups (broad SMARTS) is 1. The van der Waals surface area contributed by atoms with Gasteiger partial charge in [-0.25, -0.2) is 14.8 Å². The summed E-state index contributed by atoms with van der Waals surface area (Å²) in [6.45, 7) is 0.0615. The highest BCUT2D eigenvalue weighted by molar-refractivity contribution is 5.85. The third-order valence-corrected chi connectivity index (χ3v) is 5.95. The second-order valence-electron chi connectivity index (χ2n) is 7.99. The molecule has 3 aliphatic heterocycles. The van der Waals surface area contributed by atoms with Crippen LogP contribution in [0.4, 0.5) is 5.82 Å². The van der Waals surface area contributed by atoms with E-state index in [4.69, 9.17) is 4.98 Å². The molecule has 8 nitrogen and oxygen atoms in total. The first-order valence-corrected chi connectivity index (χ1v) is 10.1. The van der Waals surface area contributed by atoms with Gasteiger partial charge in [-0.1, -0.05) is 43.2 Å².